The lowest BCUT2D eigenvalue weighted by Gasteiger charge is -2.33. The Morgan fingerprint density at radius 2 is 1.61 bits per heavy atom. The van der Waals surface area contributed by atoms with Crippen molar-refractivity contribution >= 4 is 17.6 Å². The molecule has 1 aromatic rings. The van der Waals surface area contributed by atoms with Crippen LogP contribution in [0.15, 0.2) is 24.3 Å². The van der Waals surface area contributed by atoms with Gasteiger partial charge in [0, 0.05) is 30.7 Å². The Labute approximate surface area is 169 Å². The van der Waals surface area contributed by atoms with E-state index in [1.54, 1.807) is 0 Å². The van der Waals surface area contributed by atoms with Crippen LogP contribution in [0, 0.1) is 5.92 Å². The average Bonchev–Trinajstić information content (AvgIpc) is 2.68. The second kappa shape index (κ2) is 8.97. The van der Waals surface area contributed by atoms with Crippen molar-refractivity contribution in [1.29, 1.82) is 0 Å². The van der Waals surface area contributed by atoms with Crippen LogP contribution in [0.2, 0.25) is 0 Å². The van der Waals surface area contributed by atoms with Crippen LogP contribution in [-0.2, 0) is 10.2 Å². The van der Waals surface area contributed by atoms with Crippen LogP contribution in [0.5, 0.6) is 0 Å². The molecule has 2 fully saturated rings. The number of anilines is 1. The number of hydrogen-bond donors (Lipinski definition) is 2. The molecule has 3 amide bonds. The SMILES string of the molecule is CC(C)(C)c1ccccc1NC(=O)C1CCN(C(=O)NC2CCCCC2)CC1. The zero-order valence-electron chi connectivity index (χ0n) is 17.6. The molecule has 1 aliphatic carbocycles. The van der Waals surface area contributed by atoms with Gasteiger partial charge in [-0.25, -0.2) is 4.79 Å². The van der Waals surface area contributed by atoms with Gasteiger partial charge in [-0.3, -0.25) is 4.79 Å². The van der Waals surface area contributed by atoms with Crippen molar-refractivity contribution in [1.82, 2.24) is 10.2 Å². The molecular weight excluding hydrogens is 350 g/mol. The number of nitrogens with zero attached hydrogens (tertiary/aromatic N) is 1. The van der Waals surface area contributed by atoms with Crippen LogP contribution in [0.1, 0.15) is 71.3 Å². The van der Waals surface area contributed by atoms with Crippen LogP contribution in [0.3, 0.4) is 0 Å². The molecule has 0 aromatic heterocycles. The molecule has 1 saturated heterocycles. The van der Waals surface area contributed by atoms with Crippen molar-refractivity contribution in [2.24, 2.45) is 5.92 Å². The maximum atomic E-state index is 12.8. The Bertz CT molecular complexity index is 681. The zero-order valence-corrected chi connectivity index (χ0v) is 17.6. The standard InChI is InChI=1S/C23H35N3O2/c1-23(2,3)19-11-7-8-12-20(19)25-21(27)17-13-15-26(16-14-17)22(28)24-18-9-5-4-6-10-18/h7-8,11-12,17-18H,4-6,9-10,13-16H2,1-3H3,(H,24,28)(H,25,27). The number of piperidine rings is 1. The summed E-state index contributed by atoms with van der Waals surface area (Å²) in [4.78, 5) is 27.2. The summed E-state index contributed by atoms with van der Waals surface area (Å²) < 4.78 is 0. The van der Waals surface area contributed by atoms with Crippen molar-refractivity contribution in [3.8, 4) is 0 Å². The monoisotopic (exact) mass is 385 g/mol. The first kappa shape index (κ1) is 20.7. The number of benzene rings is 1. The molecule has 3 rings (SSSR count). The molecule has 0 unspecified atom stereocenters. The molecule has 1 heterocycles. The van der Waals surface area contributed by atoms with Gasteiger partial charge in [-0.2, -0.15) is 0 Å². The molecule has 154 valence electrons. The molecule has 2 aliphatic rings. The number of urea groups is 1. The van der Waals surface area contributed by atoms with E-state index in [2.05, 4.69) is 37.5 Å². The minimum absolute atomic E-state index is 0.0234. The smallest absolute Gasteiger partial charge is 0.317 e. The summed E-state index contributed by atoms with van der Waals surface area (Å²) in [6, 6.07) is 8.40. The van der Waals surface area contributed by atoms with Gasteiger partial charge in [-0.05, 0) is 42.7 Å². The first-order valence-electron chi connectivity index (χ1n) is 10.8. The van der Waals surface area contributed by atoms with Crippen LogP contribution >= 0.6 is 0 Å². The van der Waals surface area contributed by atoms with E-state index in [9.17, 15) is 9.59 Å². The van der Waals surface area contributed by atoms with Gasteiger partial charge in [0.2, 0.25) is 5.91 Å². The molecule has 2 N–H and O–H groups in total. The molecule has 1 aliphatic heterocycles. The fraction of sp³-hybridized carbons (Fsp3) is 0.652. The zero-order chi connectivity index (χ0) is 20.1. The third-order valence-corrected chi connectivity index (χ3v) is 6.08. The third kappa shape index (κ3) is 5.27. The Balaban J connectivity index is 1.51. The van der Waals surface area contributed by atoms with E-state index in [4.69, 9.17) is 0 Å². The Morgan fingerprint density at radius 3 is 2.25 bits per heavy atom. The van der Waals surface area contributed by atoms with Crippen molar-refractivity contribution < 1.29 is 9.59 Å². The first-order chi connectivity index (χ1) is 13.3. The Morgan fingerprint density at radius 1 is 0.964 bits per heavy atom. The van der Waals surface area contributed by atoms with Gasteiger partial charge >= 0.3 is 6.03 Å². The topological polar surface area (TPSA) is 61.4 Å². The fourth-order valence-electron chi connectivity index (χ4n) is 4.34. The maximum Gasteiger partial charge on any atom is 0.317 e. The van der Waals surface area contributed by atoms with Gasteiger partial charge in [0.15, 0.2) is 0 Å². The summed E-state index contributed by atoms with van der Waals surface area (Å²) in [7, 11) is 0. The van der Waals surface area contributed by atoms with Crippen LogP contribution < -0.4 is 10.6 Å². The van der Waals surface area contributed by atoms with Gasteiger partial charge in [0.25, 0.3) is 0 Å². The predicted octanol–water partition coefficient (Wildman–Crippen LogP) is 4.68. The van der Waals surface area contributed by atoms with Gasteiger partial charge < -0.3 is 15.5 Å². The number of hydrogen-bond acceptors (Lipinski definition) is 2. The summed E-state index contributed by atoms with van der Waals surface area (Å²) in [5.74, 6) is 0.0378. The molecular formula is C23H35N3O2. The van der Waals surface area contributed by atoms with Crippen LogP contribution in [0.25, 0.3) is 0 Å². The summed E-state index contributed by atoms with van der Waals surface area (Å²) in [5.41, 5.74) is 2.02. The molecule has 0 spiro atoms. The number of nitrogens with one attached hydrogen (secondary N) is 2. The fourth-order valence-corrected chi connectivity index (χ4v) is 4.34. The molecule has 0 atom stereocenters. The molecule has 5 heteroatoms. The largest absolute Gasteiger partial charge is 0.335 e. The number of para-hydroxylation sites is 1. The van der Waals surface area contributed by atoms with Gasteiger partial charge in [0.05, 0.1) is 0 Å². The van der Waals surface area contributed by atoms with Crippen LogP contribution in [0.4, 0.5) is 10.5 Å². The maximum absolute atomic E-state index is 12.8. The second-order valence-corrected chi connectivity index (χ2v) is 9.33. The first-order valence-corrected chi connectivity index (χ1v) is 10.8. The van der Waals surface area contributed by atoms with E-state index < -0.39 is 0 Å². The van der Waals surface area contributed by atoms with E-state index in [-0.39, 0.29) is 23.3 Å². The number of rotatable bonds is 3. The molecule has 0 radical (unpaired) electrons. The average molecular weight is 386 g/mol. The molecule has 28 heavy (non-hydrogen) atoms. The van der Waals surface area contributed by atoms with Crippen molar-refractivity contribution in [3.05, 3.63) is 29.8 Å². The minimum Gasteiger partial charge on any atom is -0.335 e. The van der Waals surface area contributed by atoms with Gasteiger partial charge in [-0.1, -0.05) is 58.2 Å². The normalized spacial score (nSPS) is 19.3. The lowest BCUT2D eigenvalue weighted by Crippen LogP contribution is -2.49. The van der Waals surface area contributed by atoms with Crippen molar-refractivity contribution in [2.75, 3.05) is 18.4 Å². The summed E-state index contributed by atoms with van der Waals surface area (Å²) in [6.45, 7) is 7.76. The van der Waals surface area contributed by atoms with E-state index in [0.29, 0.717) is 19.1 Å². The van der Waals surface area contributed by atoms with Crippen molar-refractivity contribution in [3.63, 3.8) is 0 Å². The number of likely N-dealkylation sites (tertiary alicyclic amines) is 1. The van der Waals surface area contributed by atoms with Gasteiger partial charge in [0.1, 0.15) is 0 Å². The van der Waals surface area contributed by atoms with Crippen LogP contribution in [-0.4, -0.2) is 36.0 Å². The van der Waals surface area contributed by atoms with E-state index in [1.807, 2.05) is 23.1 Å². The van der Waals surface area contributed by atoms with Gasteiger partial charge in [-0.15, -0.1) is 0 Å². The predicted molar refractivity (Wildman–Crippen MR) is 113 cm³/mol. The molecule has 1 aromatic carbocycles. The van der Waals surface area contributed by atoms with Crippen molar-refractivity contribution in [2.45, 2.75) is 77.2 Å². The molecule has 0 bridgehead atoms. The van der Waals surface area contributed by atoms with E-state index in [0.717, 1.165) is 36.9 Å². The number of amides is 3. The Hall–Kier alpha value is -2.04. The Kier molecular flexibility index (Phi) is 6.63. The summed E-state index contributed by atoms with van der Waals surface area (Å²) in [6.07, 6.45) is 7.34. The highest BCUT2D eigenvalue weighted by molar-refractivity contribution is 5.93. The number of carbonyl (C=O) groups is 2. The third-order valence-electron chi connectivity index (χ3n) is 6.08. The highest BCUT2D eigenvalue weighted by Crippen LogP contribution is 2.30. The molecule has 1 saturated carbocycles. The molecule has 5 nitrogen and oxygen atoms in total. The quantitative estimate of drug-likeness (QED) is 0.794. The van der Waals surface area contributed by atoms with E-state index in [1.165, 1.54) is 19.3 Å². The summed E-state index contributed by atoms with van der Waals surface area (Å²) in [5, 5.41) is 6.32. The summed E-state index contributed by atoms with van der Waals surface area (Å²) >= 11 is 0. The highest BCUT2D eigenvalue weighted by Gasteiger charge is 2.29. The van der Waals surface area contributed by atoms with E-state index >= 15 is 0 Å². The minimum atomic E-state index is -0.0354. The number of carbonyl (C=O) groups excluding carboxylic acids is 2. The lowest BCUT2D eigenvalue weighted by molar-refractivity contribution is -0.121. The highest BCUT2D eigenvalue weighted by atomic mass is 16.2. The second-order valence-electron chi connectivity index (χ2n) is 9.33. The lowest BCUT2D eigenvalue weighted by atomic mass is 9.85.